The van der Waals surface area contributed by atoms with Crippen LogP contribution in [0.2, 0.25) is 0 Å². The Morgan fingerprint density at radius 2 is 2.33 bits per heavy atom. The summed E-state index contributed by atoms with van der Waals surface area (Å²) in [6.07, 6.45) is -2.51. The lowest BCUT2D eigenvalue weighted by Gasteiger charge is -2.31. The Morgan fingerprint density at radius 1 is 1.60 bits per heavy atom. The first-order valence-corrected chi connectivity index (χ1v) is 4.25. The monoisotopic (exact) mass is 213 g/mol. The third kappa shape index (κ3) is 1.59. The summed E-state index contributed by atoms with van der Waals surface area (Å²) in [7, 11) is 0. The molecule has 1 unspecified atom stereocenters. The Hall–Kier alpha value is -1.82. The highest BCUT2D eigenvalue weighted by Gasteiger charge is 2.32. The smallest absolute Gasteiger partial charge is 0.454 e. The highest BCUT2D eigenvalue weighted by Crippen LogP contribution is 2.33. The van der Waals surface area contributed by atoms with Crippen molar-refractivity contribution in [1.82, 2.24) is 0 Å². The number of halogens is 1. The molecule has 1 N–H and O–H groups in total. The Labute approximate surface area is 84.5 Å². The second-order valence-electron chi connectivity index (χ2n) is 2.97. The van der Waals surface area contributed by atoms with Gasteiger partial charge in [0.25, 0.3) is 0 Å². The Balaban J connectivity index is 2.41. The van der Waals surface area contributed by atoms with Gasteiger partial charge in [0.1, 0.15) is 12.4 Å². The summed E-state index contributed by atoms with van der Waals surface area (Å²) in [6, 6.07) is 6.47. The molecule has 80 valence electrons. The number of fused-ring (bicyclic) bond motifs is 1. The molecule has 0 fully saturated rings. The summed E-state index contributed by atoms with van der Waals surface area (Å²) in [5.41, 5.74) is 0.277. The largest absolute Gasteiger partial charge is 0.487 e. The van der Waals surface area contributed by atoms with Gasteiger partial charge < -0.3 is 9.84 Å². The van der Waals surface area contributed by atoms with Crippen LogP contribution >= 0.6 is 0 Å². The summed E-state index contributed by atoms with van der Waals surface area (Å²) in [6.45, 7) is -0.119. The highest BCUT2D eigenvalue weighted by atomic mass is 19.3. The fourth-order valence-corrected chi connectivity index (χ4v) is 1.43. The van der Waals surface area contributed by atoms with E-state index in [9.17, 15) is 14.4 Å². The first-order valence-electron chi connectivity index (χ1n) is 4.25. The maximum Gasteiger partial charge on any atom is 0.454 e. The normalized spacial score (nSPS) is 19.1. The van der Waals surface area contributed by atoms with Gasteiger partial charge in [-0.05, 0) is 12.1 Å². The molecule has 5 nitrogen and oxygen atoms in total. The number of carbonyl (C=O) groups excluding carboxylic acids is 1. The number of ether oxygens (including phenoxy) is 1. The number of carbonyl (C=O) groups is 1. The van der Waals surface area contributed by atoms with Crippen molar-refractivity contribution in [3.8, 4) is 5.75 Å². The maximum atomic E-state index is 11.8. The minimum Gasteiger partial charge on any atom is -0.487 e. The van der Waals surface area contributed by atoms with Gasteiger partial charge in [-0.15, -0.1) is 0 Å². The van der Waals surface area contributed by atoms with Crippen LogP contribution in [-0.4, -0.2) is 24.0 Å². The summed E-state index contributed by atoms with van der Waals surface area (Å²) in [4.78, 5) is 14.9. The number of hydrogen-bond acceptors (Lipinski definition) is 4. The maximum absolute atomic E-state index is 11.8. The lowest BCUT2D eigenvalue weighted by atomic mass is 10.2. The second kappa shape index (κ2) is 3.74. The molecule has 1 aromatic carbocycles. The van der Waals surface area contributed by atoms with Crippen LogP contribution in [0.15, 0.2) is 24.3 Å². The molecule has 0 bridgehead atoms. The van der Waals surface area contributed by atoms with E-state index < -0.39 is 12.3 Å². The van der Waals surface area contributed by atoms with Crippen molar-refractivity contribution in [2.45, 2.75) is 6.23 Å². The van der Waals surface area contributed by atoms with Crippen LogP contribution in [0.5, 0.6) is 5.75 Å². The predicted molar refractivity (Wildman–Crippen MR) is 48.0 cm³/mol. The van der Waals surface area contributed by atoms with E-state index >= 15 is 0 Å². The summed E-state index contributed by atoms with van der Waals surface area (Å²) < 4.78 is 16.9. The molecule has 0 aromatic heterocycles. The van der Waals surface area contributed by atoms with Gasteiger partial charge in [0.2, 0.25) is 0 Å². The molecule has 15 heavy (non-hydrogen) atoms. The van der Waals surface area contributed by atoms with Crippen LogP contribution in [0.1, 0.15) is 0 Å². The van der Waals surface area contributed by atoms with E-state index in [0.717, 1.165) is 4.90 Å². The zero-order valence-electron chi connectivity index (χ0n) is 7.59. The van der Waals surface area contributed by atoms with Gasteiger partial charge in [-0.2, -0.15) is 0 Å². The van der Waals surface area contributed by atoms with Crippen molar-refractivity contribution in [3.63, 3.8) is 0 Å². The molecule has 1 aromatic rings. The molecule has 0 radical (unpaired) electrons. The van der Waals surface area contributed by atoms with E-state index in [1.807, 2.05) is 0 Å². The molecule has 0 saturated carbocycles. The quantitative estimate of drug-likeness (QED) is 0.704. The van der Waals surface area contributed by atoms with E-state index in [0.29, 0.717) is 5.75 Å². The van der Waals surface area contributed by atoms with Gasteiger partial charge >= 0.3 is 6.09 Å². The van der Waals surface area contributed by atoms with Crippen LogP contribution in [0.25, 0.3) is 0 Å². The standard InChI is InChI=1S/C9H8FNO4/c10-15-9(13)11-6-3-1-2-4-7(6)14-5-8(11)12/h1-4,8,12H,5H2. The number of aliphatic hydroxyl groups is 1. The van der Waals surface area contributed by atoms with Gasteiger partial charge in [-0.3, -0.25) is 0 Å². The fraction of sp³-hybridized carbons (Fsp3) is 0.222. The van der Waals surface area contributed by atoms with Gasteiger partial charge in [-0.1, -0.05) is 12.1 Å². The van der Waals surface area contributed by atoms with Crippen molar-refractivity contribution in [3.05, 3.63) is 24.3 Å². The minimum atomic E-state index is -1.27. The lowest BCUT2D eigenvalue weighted by Crippen LogP contribution is -2.46. The molecule has 1 amide bonds. The molecule has 1 atom stereocenters. The number of benzene rings is 1. The Bertz CT molecular complexity index is 384. The van der Waals surface area contributed by atoms with E-state index in [-0.39, 0.29) is 12.3 Å². The third-order valence-corrected chi connectivity index (χ3v) is 2.07. The summed E-state index contributed by atoms with van der Waals surface area (Å²) >= 11 is 0. The van der Waals surface area contributed by atoms with E-state index in [4.69, 9.17) is 4.74 Å². The van der Waals surface area contributed by atoms with Crippen LogP contribution in [-0.2, 0) is 4.94 Å². The molecule has 6 heteroatoms. The van der Waals surface area contributed by atoms with Crippen molar-refractivity contribution >= 4 is 11.8 Å². The van der Waals surface area contributed by atoms with Gasteiger partial charge in [0, 0.05) is 4.53 Å². The first kappa shape index (κ1) is 9.72. The highest BCUT2D eigenvalue weighted by molar-refractivity contribution is 5.90. The van der Waals surface area contributed by atoms with Crippen LogP contribution < -0.4 is 9.64 Å². The van der Waals surface area contributed by atoms with Gasteiger partial charge in [0.05, 0.1) is 5.69 Å². The van der Waals surface area contributed by atoms with E-state index in [1.165, 1.54) is 6.07 Å². The average Bonchev–Trinajstić information content (AvgIpc) is 2.28. The van der Waals surface area contributed by atoms with Crippen LogP contribution in [0, 0.1) is 0 Å². The van der Waals surface area contributed by atoms with Crippen molar-refractivity contribution < 1.29 is 24.1 Å². The average molecular weight is 213 g/mol. The number of nitrogens with zero attached hydrogens (tertiary/aromatic N) is 1. The van der Waals surface area contributed by atoms with Crippen LogP contribution in [0.4, 0.5) is 15.0 Å². The number of amides is 1. The molecule has 1 heterocycles. The summed E-state index contributed by atoms with van der Waals surface area (Å²) in [5.74, 6) is 0.396. The number of aliphatic hydroxyl groups excluding tert-OH is 1. The first-order chi connectivity index (χ1) is 7.24. The molecule has 0 spiro atoms. The van der Waals surface area contributed by atoms with Gasteiger partial charge in [-0.25, -0.2) is 14.6 Å². The molecular weight excluding hydrogens is 205 g/mol. The zero-order chi connectivity index (χ0) is 10.8. The number of anilines is 1. The number of hydrogen-bond donors (Lipinski definition) is 1. The zero-order valence-corrected chi connectivity index (χ0v) is 7.59. The topological polar surface area (TPSA) is 59.0 Å². The van der Waals surface area contributed by atoms with Crippen LogP contribution in [0.3, 0.4) is 0 Å². The Morgan fingerprint density at radius 3 is 3.07 bits per heavy atom. The number of para-hydroxylation sites is 2. The summed E-state index contributed by atoms with van der Waals surface area (Å²) in [5, 5.41) is 9.45. The lowest BCUT2D eigenvalue weighted by molar-refractivity contribution is -0.0645. The molecule has 1 aliphatic rings. The predicted octanol–water partition coefficient (Wildman–Crippen LogP) is 1.22. The molecule has 0 saturated heterocycles. The van der Waals surface area contributed by atoms with Gasteiger partial charge in [0.15, 0.2) is 6.23 Å². The SMILES string of the molecule is O=C(OF)N1c2ccccc2OCC1O. The minimum absolute atomic E-state index is 0.119. The second-order valence-corrected chi connectivity index (χ2v) is 2.97. The molecule has 2 rings (SSSR count). The fourth-order valence-electron chi connectivity index (χ4n) is 1.43. The van der Waals surface area contributed by atoms with E-state index in [1.54, 1.807) is 18.2 Å². The molecule has 1 aliphatic heterocycles. The number of rotatable bonds is 0. The Kier molecular flexibility index (Phi) is 2.42. The molecular formula is C9H8FNO4. The third-order valence-electron chi connectivity index (χ3n) is 2.07. The molecule has 0 aliphatic carbocycles. The van der Waals surface area contributed by atoms with Crippen molar-refractivity contribution in [1.29, 1.82) is 0 Å². The van der Waals surface area contributed by atoms with Crippen molar-refractivity contribution in [2.24, 2.45) is 0 Å². The van der Waals surface area contributed by atoms with Crippen molar-refractivity contribution in [2.75, 3.05) is 11.5 Å². The van der Waals surface area contributed by atoms with E-state index in [2.05, 4.69) is 4.94 Å².